The first-order chi connectivity index (χ1) is 10.6. The summed E-state index contributed by atoms with van der Waals surface area (Å²) in [6, 6.07) is 7.43. The number of hydrogen-bond donors (Lipinski definition) is 0. The number of rotatable bonds is 2. The van der Waals surface area contributed by atoms with Gasteiger partial charge < -0.3 is 9.80 Å². The van der Waals surface area contributed by atoms with Crippen LogP contribution in [-0.4, -0.2) is 69.1 Å². The van der Waals surface area contributed by atoms with Crippen LogP contribution in [0.4, 0.5) is 0 Å². The van der Waals surface area contributed by atoms with E-state index in [4.69, 9.17) is 0 Å². The Bertz CT molecular complexity index is 650. The number of aromatic nitrogens is 4. The lowest BCUT2D eigenvalue weighted by Gasteiger charge is -2.20. The van der Waals surface area contributed by atoms with Crippen LogP contribution < -0.4 is 0 Å². The molecule has 0 aliphatic carbocycles. The number of amides is 1. The lowest BCUT2D eigenvalue weighted by Crippen LogP contribution is -2.34. The lowest BCUT2D eigenvalue weighted by atomic mass is 10.1. The molecule has 1 amide bonds. The standard InChI is InChI=1S/C15H20N6O/c1-12-16-17-18-21(12)14-6-4-13(5-7-14)15(22)20-9-3-8-19(2)10-11-20/h4-7H,3,8-11H2,1-2H3. The molecule has 0 spiro atoms. The molecular formula is C15H20N6O. The van der Waals surface area contributed by atoms with E-state index in [-0.39, 0.29) is 5.91 Å². The minimum Gasteiger partial charge on any atom is -0.337 e. The monoisotopic (exact) mass is 300 g/mol. The summed E-state index contributed by atoms with van der Waals surface area (Å²) in [7, 11) is 2.09. The van der Waals surface area contributed by atoms with Gasteiger partial charge in [0.1, 0.15) is 0 Å². The van der Waals surface area contributed by atoms with Crippen molar-refractivity contribution in [2.45, 2.75) is 13.3 Å². The number of nitrogens with zero attached hydrogens (tertiary/aromatic N) is 6. The second-order valence-electron chi connectivity index (χ2n) is 5.63. The summed E-state index contributed by atoms with van der Waals surface area (Å²) in [4.78, 5) is 16.8. The molecule has 116 valence electrons. The van der Waals surface area contributed by atoms with Crippen LogP contribution in [0.15, 0.2) is 24.3 Å². The third kappa shape index (κ3) is 2.99. The number of carbonyl (C=O) groups is 1. The predicted octanol–water partition coefficient (Wildman–Crippen LogP) is 0.748. The summed E-state index contributed by atoms with van der Waals surface area (Å²) in [6.45, 7) is 5.40. The van der Waals surface area contributed by atoms with Crippen LogP contribution in [0.3, 0.4) is 0 Å². The molecule has 1 aromatic heterocycles. The molecule has 0 atom stereocenters. The molecule has 0 bridgehead atoms. The second kappa shape index (κ2) is 6.23. The Hall–Kier alpha value is -2.28. The maximum atomic E-state index is 12.6. The van der Waals surface area contributed by atoms with Crippen LogP contribution >= 0.6 is 0 Å². The van der Waals surface area contributed by atoms with Gasteiger partial charge in [0.05, 0.1) is 5.69 Å². The molecule has 3 rings (SSSR count). The molecule has 0 unspecified atom stereocenters. The smallest absolute Gasteiger partial charge is 0.253 e. The van der Waals surface area contributed by atoms with Crippen molar-refractivity contribution in [2.24, 2.45) is 0 Å². The van der Waals surface area contributed by atoms with E-state index in [0.29, 0.717) is 5.56 Å². The largest absolute Gasteiger partial charge is 0.337 e. The van der Waals surface area contributed by atoms with Crippen molar-refractivity contribution in [3.63, 3.8) is 0 Å². The lowest BCUT2D eigenvalue weighted by molar-refractivity contribution is 0.0763. The Morgan fingerprint density at radius 3 is 2.55 bits per heavy atom. The van der Waals surface area contributed by atoms with E-state index in [1.165, 1.54) is 0 Å². The highest BCUT2D eigenvalue weighted by Crippen LogP contribution is 2.13. The Morgan fingerprint density at radius 2 is 1.86 bits per heavy atom. The van der Waals surface area contributed by atoms with Gasteiger partial charge >= 0.3 is 0 Å². The van der Waals surface area contributed by atoms with Gasteiger partial charge in [-0.25, -0.2) is 0 Å². The number of carbonyl (C=O) groups excluding carboxylic acids is 1. The molecule has 7 nitrogen and oxygen atoms in total. The van der Waals surface area contributed by atoms with Crippen LogP contribution in [0.25, 0.3) is 5.69 Å². The molecule has 22 heavy (non-hydrogen) atoms. The zero-order valence-electron chi connectivity index (χ0n) is 12.9. The summed E-state index contributed by atoms with van der Waals surface area (Å²) in [5, 5.41) is 11.4. The number of likely N-dealkylation sites (N-methyl/N-ethyl adjacent to an activating group) is 1. The Morgan fingerprint density at radius 1 is 1.09 bits per heavy atom. The zero-order chi connectivity index (χ0) is 15.5. The fourth-order valence-electron chi connectivity index (χ4n) is 2.65. The number of hydrogen-bond acceptors (Lipinski definition) is 5. The van der Waals surface area contributed by atoms with Crippen molar-refractivity contribution in [1.82, 2.24) is 30.0 Å². The normalized spacial score (nSPS) is 16.5. The van der Waals surface area contributed by atoms with Crippen molar-refractivity contribution in [3.05, 3.63) is 35.7 Å². The quantitative estimate of drug-likeness (QED) is 0.818. The maximum absolute atomic E-state index is 12.6. The molecule has 7 heteroatoms. The summed E-state index contributed by atoms with van der Waals surface area (Å²) < 4.78 is 1.65. The van der Waals surface area contributed by atoms with Gasteiger partial charge in [-0.2, -0.15) is 4.68 Å². The van der Waals surface area contributed by atoms with Gasteiger partial charge in [0.25, 0.3) is 5.91 Å². The molecular weight excluding hydrogens is 280 g/mol. The molecule has 1 saturated heterocycles. The zero-order valence-corrected chi connectivity index (χ0v) is 12.9. The van der Waals surface area contributed by atoms with Gasteiger partial charge in [-0.15, -0.1) is 5.10 Å². The van der Waals surface area contributed by atoms with Crippen molar-refractivity contribution < 1.29 is 4.79 Å². The molecule has 1 fully saturated rings. The molecule has 1 aromatic carbocycles. The van der Waals surface area contributed by atoms with Crippen molar-refractivity contribution in [1.29, 1.82) is 0 Å². The molecule has 1 aliphatic heterocycles. The summed E-state index contributed by atoms with van der Waals surface area (Å²) in [5.41, 5.74) is 1.56. The van der Waals surface area contributed by atoms with E-state index in [1.54, 1.807) is 4.68 Å². The minimum atomic E-state index is 0.0929. The highest BCUT2D eigenvalue weighted by atomic mass is 16.2. The van der Waals surface area contributed by atoms with Crippen LogP contribution in [0.1, 0.15) is 22.6 Å². The highest BCUT2D eigenvalue weighted by molar-refractivity contribution is 5.94. The molecule has 1 aliphatic rings. The summed E-state index contributed by atoms with van der Waals surface area (Å²) >= 11 is 0. The van der Waals surface area contributed by atoms with E-state index >= 15 is 0 Å². The molecule has 2 aromatic rings. The highest BCUT2D eigenvalue weighted by Gasteiger charge is 2.18. The van der Waals surface area contributed by atoms with E-state index in [0.717, 1.165) is 44.1 Å². The van der Waals surface area contributed by atoms with E-state index in [1.807, 2.05) is 36.1 Å². The Kier molecular flexibility index (Phi) is 4.15. The first-order valence-corrected chi connectivity index (χ1v) is 7.48. The Labute approximate surface area is 129 Å². The van der Waals surface area contributed by atoms with Crippen molar-refractivity contribution in [2.75, 3.05) is 33.2 Å². The summed E-state index contributed by atoms with van der Waals surface area (Å²) in [5.74, 6) is 0.810. The molecule has 2 heterocycles. The van der Waals surface area contributed by atoms with Crippen LogP contribution in [0, 0.1) is 6.92 Å². The second-order valence-corrected chi connectivity index (χ2v) is 5.63. The van der Waals surface area contributed by atoms with E-state index < -0.39 is 0 Å². The van der Waals surface area contributed by atoms with Gasteiger partial charge in [0, 0.05) is 25.2 Å². The van der Waals surface area contributed by atoms with Crippen LogP contribution in [0.2, 0.25) is 0 Å². The first kappa shape index (κ1) is 14.6. The average Bonchev–Trinajstić information content (AvgIpc) is 2.84. The number of benzene rings is 1. The van der Waals surface area contributed by atoms with Gasteiger partial charge in [-0.1, -0.05) is 0 Å². The molecule has 0 saturated carbocycles. The number of tetrazole rings is 1. The third-order valence-corrected chi connectivity index (χ3v) is 3.99. The minimum absolute atomic E-state index is 0.0929. The predicted molar refractivity (Wildman–Crippen MR) is 81.9 cm³/mol. The van der Waals surface area contributed by atoms with Gasteiger partial charge in [0.2, 0.25) is 0 Å². The van der Waals surface area contributed by atoms with Gasteiger partial charge in [0.15, 0.2) is 5.82 Å². The fourth-order valence-corrected chi connectivity index (χ4v) is 2.65. The molecule has 0 N–H and O–H groups in total. The average molecular weight is 300 g/mol. The third-order valence-electron chi connectivity index (χ3n) is 3.99. The van der Waals surface area contributed by atoms with Gasteiger partial charge in [-0.05, 0) is 61.6 Å². The first-order valence-electron chi connectivity index (χ1n) is 7.48. The van der Waals surface area contributed by atoms with Crippen LogP contribution in [0.5, 0.6) is 0 Å². The van der Waals surface area contributed by atoms with Gasteiger partial charge in [-0.3, -0.25) is 4.79 Å². The molecule has 0 radical (unpaired) electrons. The summed E-state index contributed by atoms with van der Waals surface area (Å²) in [6.07, 6.45) is 1.02. The van der Waals surface area contributed by atoms with Crippen molar-refractivity contribution in [3.8, 4) is 5.69 Å². The Balaban J connectivity index is 1.75. The number of aryl methyl sites for hydroxylation is 1. The SMILES string of the molecule is Cc1nnnn1-c1ccc(C(=O)N2CCCN(C)CC2)cc1. The van der Waals surface area contributed by atoms with Crippen LogP contribution in [-0.2, 0) is 0 Å². The van der Waals surface area contributed by atoms with Crippen molar-refractivity contribution >= 4 is 5.91 Å². The van der Waals surface area contributed by atoms with E-state index in [9.17, 15) is 4.79 Å². The van der Waals surface area contributed by atoms with E-state index in [2.05, 4.69) is 27.5 Å². The topological polar surface area (TPSA) is 67.2 Å². The fraction of sp³-hybridized carbons (Fsp3) is 0.467. The maximum Gasteiger partial charge on any atom is 0.253 e.